The Morgan fingerprint density at radius 2 is 1.82 bits per heavy atom. The first-order valence-corrected chi connectivity index (χ1v) is 14.8. The molecule has 0 saturated carbocycles. The number of piperidine rings is 1. The molecule has 10 nitrogen and oxygen atoms in total. The molecule has 2 fully saturated rings. The van der Waals surface area contributed by atoms with E-state index in [4.69, 9.17) is 9.97 Å². The lowest BCUT2D eigenvalue weighted by Crippen LogP contribution is -2.62. The summed E-state index contributed by atoms with van der Waals surface area (Å²) in [5.74, 6) is 0.533. The summed E-state index contributed by atoms with van der Waals surface area (Å²) in [5.41, 5.74) is 3.45. The van der Waals surface area contributed by atoms with Crippen molar-refractivity contribution in [1.82, 2.24) is 30.6 Å². The first-order chi connectivity index (χ1) is 18.8. The van der Waals surface area contributed by atoms with E-state index >= 15 is 0 Å². The summed E-state index contributed by atoms with van der Waals surface area (Å²) in [4.78, 5) is 33.0. The molecular formula is C28H29N7O3S. The summed E-state index contributed by atoms with van der Waals surface area (Å²) < 4.78 is 23.6. The minimum Gasteiger partial charge on any atom is -0.356 e. The van der Waals surface area contributed by atoms with Gasteiger partial charge in [0.15, 0.2) is 9.84 Å². The van der Waals surface area contributed by atoms with Gasteiger partial charge < -0.3 is 15.5 Å². The predicted octanol–water partition coefficient (Wildman–Crippen LogP) is 2.75. The fourth-order valence-corrected chi connectivity index (χ4v) is 5.72. The molecule has 4 aromatic rings. The van der Waals surface area contributed by atoms with Gasteiger partial charge in [-0.1, -0.05) is 6.07 Å². The third-order valence-electron chi connectivity index (χ3n) is 7.61. The van der Waals surface area contributed by atoms with Crippen LogP contribution in [0.5, 0.6) is 0 Å². The molecule has 0 aromatic carbocycles. The largest absolute Gasteiger partial charge is 0.356 e. The van der Waals surface area contributed by atoms with Crippen LogP contribution in [0.4, 0.5) is 5.82 Å². The van der Waals surface area contributed by atoms with Crippen molar-refractivity contribution >= 4 is 32.5 Å². The highest BCUT2D eigenvalue weighted by Gasteiger charge is 2.39. The number of nitrogens with zero attached hydrogens (tertiary/aromatic N) is 5. The zero-order valence-electron chi connectivity index (χ0n) is 21.6. The van der Waals surface area contributed by atoms with E-state index in [9.17, 15) is 13.2 Å². The van der Waals surface area contributed by atoms with Crippen LogP contribution in [-0.4, -0.2) is 65.7 Å². The van der Waals surface area contributed by atoms with Crippen LogP contribution in [0.2, 0.25) is 0 Å². The van der Waals surface area contributed by atoms with Crippen molar-refractivity contribution in [3.8, 4) is 11.4 Å². The lowest BCUT2D eigenvalue weighted by Gasteiger charge is -2.49. The van der Waals surface area contributed by atoms with Crippen molar-refractivity contribution in [3.63, 3.8) is 0 Å². The number of rotatable bonds is 6. The SMILES string of the molecule is CS(=O)(=O)c1cncc(C(=O)NCc2cc3nc(-c4cccc(N5CCC6(CCN6)CC5)n4)ccc3cn2)c1. The first kappa shape index (κ1) is 25.3. The molecule has 11 heteroatoms. The molecule has 0 atom stereocenters. The Kier molecular flexibility index (Phi) is 6.48. The Bertz CT molecular complexity index is 1660. The van der Waals surface area contributed by atoms with Crippen molar-refractivity contribution in [3.05, 3.63) is 72.3 Å². The van der Waals surface area contributed by atoms with Crippen LogP contribution in [0.25, 0.3) is 22.3 Å². The van der Waals surface area contributed by atoms with E-state index in [1.165, 1.54) is 24.9 Å². The van der Waals surface area contributed by atoms with Crippen molar-refractivity contribution in [2.75, 3.05) is 30.8 Å². The van der Waals surface area contributed by atoms with E-state index in [2.05, 4.69) is 31.6 Å². The third-order valence-corrected chi connectivity index (χ3v) is 8.69. The average Bonchev–Trinajstić information content (AvgIpc) is 2.94. The van der Waals surface area contributed by atoms with Gasteiger partial charge in [-0.15, -0.1) is 0 Å². The fraction of sp³-hybridized carbons (Fsp3) is 0.321. The van der Waals surface area contributed by atoms with Crippen LogP contribution in [0.15, 0.2) is 66.0 Å². The molecule has 2 N–H and O–H groups in total. The van der Waals surface area contributed by atoms with E-state index < -0.39 is 15.7 Å². The molecule has 200 valence electrons. The number of sulfone groups is 1. The van der Waals surface area contributed by atoms with Gasteiger partial charge in [0.1, 0.15) is 5.82 Å². The van der Waals surface area contributed by atoms with E-state index in [0.717, 1.165) is 66.8 Å². The number of pyridine rings is 4. The Balaban J connectivity index is 1.17. The third kappa shape index (κ3) is 5.32. The molecule has 0 unspecified atom stereocenters. The standard InChI is InChI=1S/C28H29N7O3S/c1-39(37,38)22-13-20(15-29-18-22)27(36)31-17-21-14-25-19(16-30-21)5-6-24(33-25)23-3-2-4-26(34-23)35-11-8-28(9-12-35)7-10-32-28/h2-6,13-16,18,32H,7-12,17H2,1H3,(H,31,36). The number of hydrogen-bond donors (Lipinski definition) is 2. The van der Waals surface area contributed by atoms with Crippen LogP contribution >= 0.6 is 0 Å². The lowest BCUT2D eigenvalue weighted by atomic mass is 9.79. The predicted molar refractivity (Wildman–Crippen MR) is 148 cm³/mol. The van der Waals surface area contributed by atoms with Crippen LogP contribution in [0.1, 0.15) is 35.3 Å². The van der Waals surface area contributed by atoms with Gasteiger partial charge in [0.25, 0.3) is 5.91 Å². The number of fused-ring (bicyclic) bond motifs is 1. The summed E-state index contributed by atoms with van der Waals surface area (Å²) >= 11 is 0. The zero-order chi connectivity index (χ0) is 27.0. The number of carbonyl (C=O) groups excluding carboxylic acids is 1. The molecule has 2 aliphatic heterocycles. The Hall–Kier alpha value is -3.96. The molecule has 6 rings (SSSR count). The minimum absolute atomic E-state index is 0.00651. The van der Waals surface area contributed by atoms with Crippen molar-refractivity contribution < 1.29 is 13.2 Å². The van der Waals surface area contributed by atoms with Crippen LogP contribution in [0.3, 0.4) is 0 Å². The van der Waals surface area contributed by atoms with E-state index in [1.807, 2.05) is 30.3 Å². The molecular weight excluding hydrogens is 514 g/mol. The highest BCUT2D eigenvalue weighted by atomic mass is 32.2. The summed E-state index contributed by atoms with van der Waals surface area (Å²) in [6.45, 7) is 3.26. The normalized spacial score (nSPS) is 16.7. The number of hydrogen-bond acceptors (Lipinski definition) is 9. The minimum atomic E-state index is -3.46. The highest BCUT2D eigenvalue weighted by Crippen LogP contribution is 2.33. The quantitative estimate of drug-likeness (QED) is 0.377. The summed E-state index contributed by atoms with van der Waals surface area (Å²) in [7, 11) is -3.46. The maximum absolute atomic E-state index is 12.6. The Labute approximate surface area is 226 Å². The van der Waals surface area contributed by atoms with Gasteiger partial charge >= 0.3 is 0 Å². The Morgan fingerprint density at radius 3 is 2.56 bits per heavy atom. The maximum Gasteiger partial charge on any atom is 0.253 e. The highest BCUT2D eigenvalue weighted by molar-refractivity contribution is 7.90. The van der Waals surface area contributed by atoms with Crippen molar-refractivity contribution in [2.45, 2.75) is 36.2 Å². The van der Waals surface area contributed by atoms with E-state index in [1.54, 1.807) is 6.20 Å². The second-order valence-corrected chi connectivity index (χ2v) is 12.3. The monoisotopic (exact) mass is 543 g/mol. The first-order valence-electron chi connectivity index (χ1n) is 12.9. The smallest absolute Gasteiger partial charge is 0.253 e. The number of aromatic nitrogens is 4. The van der Waals surface area contributed by atoms with Gasteiger partial charge in [0.2, 0.25) is 0 Å². The molecule has 0 bridgehead atoms. The number of nitrogens with one attached hydrogen (secondary N) is 2. The molecule has 2 saturated heterocycles. The van der Waals surface area contributed by atoms with Gasteiger partial charge in [0.05, 0.1) is 39.6 Å². The molecule has 4 aromatic heterocycles. The molecule has 1 amide bonds. The summed E-state index contributed by atoms with van der Waals surface area (Å²) in [6.07, 6.45) is 8.90. The van der Waals surface area contributed by atoms with Gasteiger partial charge in [-0.3, -0.25) is 14.8 Å². The number of anilines is 1. The van der Waals surface area contributed by atoms with Crippen LogP contribution < -0.4 is 15.5 Å². The maximum atomic E-state index is 12.6. The van der Waals surface area contributed by atoms with Gasteiger partial charge in [0, 0.05) is 48.9 Å². The topological polar surface area (TPSA) is 130 Å². The van der Waals surface area contributed by atoms with E-state index in [0.29, 0.717) is 11.2 Å². The number of carbonyl (C=O) groups is 1. The molecule has 0 aliphatic carbocycles. The van der Waals surface area contributed by atoms with Gasteiger partial charge in [-0.25, -0.2) is 18.4 Å². The average molecular weight is 544 g/mol. The second kappa shape index (κ2) is 9.97. The van der Waals surface area contributed by atoms with Crippen molar-refractivity contribution in [2.24, 2.45) is 0 Å². The van der Waals surface area contributed by atoms with Crippen LogP contribution in [0, 0.1) is 0 Å². The fourth-order valence-electron chi connectivity index (χ4n) is 5.13. The molecule has 1 spiro atoms. The zero-order valence-corrected chi connectivity index (χ0v) is 22.4. The second-order valence-electron chi connectivity index (χ2n) is 10.3. The molecule has 6 heterocycles. The Morgan fingerprint density at radius 1 is 1.03 bits per heavy atom. The van der Waals surface area contributed by atoms with Crippen LogP contribution in [-0.2, 0) is 16.4 Å². The molecule has 0 radical (unpaired) electrons. The summed E-state index contributed by atoms with van der Waals surface area (Å²) in [6, 6.07) is 13.1. The number of amides is 1. The van der Waals surface area contributed by atoms with Gasteiger partial charge in [-0.2, -0.15) is 0 Å². The summed E-state index contributed by atoms with van der Waals surface area (Å²) in [5, 5.41) is 7.27. The van der Waals surface area contributed by atoms with Crippen molar-refractivity contribution in [1.29, 1.82) is 0 Å². The van der Waals surface area contributed by atoms with Gasteiger partial charge in [-0.05, 0) is 62.2 Å². The molecule has 2 aliphatic rings. The molecule has 39 heavy (non-hydrogen) atoms. The van der Waals surface area contributed by atoms with E-state index in [-0.39, 0.29) is 17.0 Å². The lowest BCUT2D eigenvalue weighted by molar-refractivity contribution is 0.0950.